The number of carbonyl (C=O) groups excluding carboxylic acids is 1. The van der Waals surface area contributed by atoms with Gasteiger partial charge in [0.25, 0.3) is 5.91 Å². The van der Waals surface area contributed by atoms with Gasteiger partial charge in [0.15, 0.2) is 11.5 Å². The van der Waals surface area contributed by atoms with Crippen LogP contribution >= 0.6 is 11.6 Å². The molecule has 0 spiro atoms. The van der Waals surface area contributed by atoms with Gasteiger partial charge in [-0.3, -0.25) is 9.20 Å². The smallest absolute Gasteiger partial charge is 0.255 e. The summed E-state index contributed by atoms with van der Waals surface area (Å²) in [6.45, 7) is 1.81. The molecule has 2 aromatic heterocycles. The van der Waals surface area contributed by atoms with E-state index in [9.17, 15) is 13.6 Å². The number of nitrogens with one attached hydrogen (secondary N) is 1. The number of hydrogen-bond donors (Lipinski definition) is 1. The van der Waals surface area contributed by atoms with E-state index in [2.05, 4.69) is 15.5 Å². The van der Waals surface area contributed by atoms with Crippen LogP contribution in [0.5, 0.6) is 0 Å². The fourth-order valence-electron chi connectivity index (χ4n) is 2.85. The van der Waals surface area contributed by atoms with Gasteiger partial charge in [0.2, 0.25) is 0 Å². The average molecular weight is 399 g/mol. The molecule has 140 valence electrons. The molecular weight excluding hydrogens is 386 g/mol. The fraction of sp³-hybridized carbons (Fsp3) is 0.0500. The van der Waals surface area contributed by atoms with Gasteiger partial charge in [0, 0.05) is 34.1 Å². The summed E-state index contributed by atoms with van der Waals surface area (Å²) >= 11 is 6.08. The zero-order chi connectivity index (χ0) is 19.8. The minimum absolute atomic E-state index is 0.247. The third-order valence-corrected chi connectivity index (χ3v) is 4.72. The first kappa shape index (κ1) is 18.1. The van der Waals surface area contributed by atoms with Crippen LogP contribution in [0.1, 0.15) is 15.9 Å². The van der Waals surface area contributed by atoms with Crippen molar-refractivity contribution in [1.82, 2.24) is 14.6 Å². The number of amides is 1. The second-order valence-corrected chi connectivity index (χ2v) is 6.60. The van der Waals surface area contributed by atoms with E-state index in [1.54, 1.807) is 40.9 Å². The third-order valence-electron chi connectivity index (χ3n) is 4.31. The Bertz CT molecular complexity index is 1200. The Kier molecular flexibility index (Phi) is 4.52. The van der Waals surface area contributed by atoms with Crippen LogP contribution in [0.25, 0.3) is 17.0 Å². The van der Waals surface area contributed by atoms with Crippen molar-refractivity contribution in [1.29, 1.82) is 0 Å². The minimum atomic E-state index is -0.709. The second-order valence-electron chi connectivity index (χ2n) is 6.19. The lowest BCUT2D eigenvalue weighted by Gasteiger charge is -2.09. The molecule has 0 unspecified atom stereocenters. The van der Waals surface area contributed by atoms with Crippen molar-refractivity contribution in [3.63, 3.8) is 0 Å². The first-order valence-corrected chi connectivity index (χ1v) is 8.68. The molecule has 0 radical (unpaired) electrons. The van der Waals surface area contributed by atoms with Gasteiger partial charge in [0.1, 0.15) is 11.6 Å². The zero-order valence-electron chi connectivity index (χ0n) is 14.6. The Balaban J connectivity index is 1.67. The monoisotopic (exact) mass is 398 g/mol. The summed E-state index contributed by atoms with van der Waals surface area (Å²) in [5.74, 6) is -1.49. The van der Waals surface area contributed by atoms with Crippen molar-refractivity contribution in [2.24, 2.45) is 0 Å². The lowest BCUT2D eigenvalue weighted by Crippen LogP contribution is -2.13. The summed E-state index contributed by atoms with van der Waals surface area (Å²) < 4.78 is 28.5. The summed E-state index contributed by atoms with van der Waals surface area (Å²) in [7, 11) is 0. The van der Waals surface area contributed by atoms with Crippen LogP contribution in [0, 0.1) is 18.6 Å². The predicted molar refractivity (Wildman–Crippen MR) is 102 cm³/mol. The molecule has 0 saturated heterocycles. The first-order valence-electron chi connectivity index (χ1n) is 8.30. The van der Waals surface area contributed by atoms with E-state index < -0.39 is 11.6 Å². The van der Waals surface area contributed by atoms with Crippen LogP contribution in [-0.2, 0) is 0 Å². The lowest BCUT2D eigenvalue weighted by atomic mass is 10.1. The molecule has 1 N–H and O–H groups in total. The van der Waals surface area contributed by atoms with Gasteiger partial charge in [-0.2, -0.15) is 0 Å². The van der Waals surface area contributed by atoms with E-state index in [-0.39, 0.29) is 17.3 Å². The summed E-state index contributed by atoms with van der Waals surface area (Å²) in [5, 5.41) is 11.4. The minimum Gasteiger partial charge on any atom is -0.322 e. The van der Waals surface area contributed by atoms with Gasteiger partial charge in [-0.25, -0.2) is 8.78 Å². The molecule has 0 bridgehead atoms. The predicted octanol–water partition coefficient (Wildman–Crippen LogP) is 4.89. The molecule has 2 heterocycles. The van der Waals surface area contributed by atoms with Gasteiger partial charge in [0.05, 0.1) is 0 Å². The number of rotatable bonds is 3. The van der Waals surface area contributed by atoms with Crippen LogP contribution in [0.3, 0.4) is 0 Å². The maximum Gasteiger partial charge on any atom is 0.255 e. The van der Waals surface area contributed by atoms with Crippen LogP contribution in [0.4, 0.5) is 14.5 Å². The lowest BCUT2D eigenvalue weighted by molar-refractivity contribution is 0.102. The van der Waals surface area contributed by atoms with Crippen molar-refractivity contribution < 1.29 is 13.6 Å². The highest BCUT2D eigenvalue weighted by Crippen LogP contribution is 2.24. The molecule has 28 heavy (non-hydrogen) atoms. The molecule has 4 rings (SSSR count). The first-order chi connectivity index (χ1) is 13.4. The molecule has 0 aliphatic rings. The van der Waals surface area contributed by atoms with E-state index >= 15 is 0 Å². The van der Waals surface area contributed by atoms with Gasteiger partial charge in [-0.05, 0) is 48.9 Å². The molecule has 0 fully saturated rings. The number of nitrogens with zero attached hydrogens (tertiary/aromatic N) is 3. The van der Waals surface area contributed by atoms with E-state index in [1.807, 2.05) is 6.92 Å². The zero-order valence-corrected chi connectivity index (χ0v) is 15.3. The molecule has 8 heteroatoms. The SMILES string of the molecule is Cc1c(Cl)cccc1NC(=O)c1ccn2c(-c3cc(F)cc(F)c3)nnc2c1. The number of halogens is 3. The number of fused-ring (bicyclic) bond motifs is 1. The van der Waals surface area contributed by atoms with E-state index in [4.69, 9.17) is 11.6 Å². The van der Waals surface area contributed by atoms with Crippen LogP contribution < -0.4 is 5.32 Å². The van der Waals surface area contributed by atoms with Crippen molar-refractivity contribution in [2.45, 2.75) is 6.92 Å². The van der Waals surface area contributed by atoms with Crippen LogP contribution in [-0.4, -0.2) is 20.5 Å². The van der Waals surface area contributed by atoms with Gasteiger partial charge >= 0.3 is 0 Å². The van der Waals surface area contributed by atoms with Crippen molar-refractivity contribution in [3.8, 4) is 11.4 Å². The summed E-state index contributed by atoms with van der Waals surface area (Å²) in [4.78, 5) is 12.6. The maximum absolute atomic E-state index is 13.5. The molecule has 2 aromatic carbocycles. The molecule has 1 amide bonds. The van der Waals surface area contributed by atoms with Crippen LogP contribution in [0.2, 0.25) is 5.02 Å². The number of hydrogen-bond acceptors (Lipinski definition) is 3. The highest BCUT2D eigenvalue weighted by atomic mass is 35.5. The van der Waals surface area contributed by atoms with Gasteiger partial charge in [-0.15, -0.1) is 10.2 Å². The number of pyridine rings is 1. The molecule has 0 aliphatic carbocycles. The van der Waals surface area contributed by atoms with Crippen molar-refractivity contribution in [3.05, 3.63) is 82.5 Å². The quantitative estimate of drug-likeness (QED) is 0.534. The van der Waals surface area contributed by atoms with E-state index in [0.29, 0.717) is 21.9 Å². The number of aromatic nitrogens is 3. The largest absolute Gasteiger partial charge is 0.322 e. The van der Waals surface area contributed by atoms with Gasteiger partial charge in [-0.1, -0.05) is 17.7 Å². The molecule has 4 aromatic rings. The topological polar surface area (TPSA) is 59.3 Å². The fourth-order valence-corrected chi connectivity index (χ4v) is 3.02. The standard InChI is InChI=1S/C20H13ClF2N4O/c1-11-16(21)3-2-4-17(11)24-20(28)12-5-6-27-18(9-12)25-26-19(27)13-7-14(22)10-15(23)8-13/h2-10H,1H3,(H,24,28). The highest BCUT2D eigenvalue weighted by Gasteiger charge is 2.14. The van der Waals surface area contributed by atoms with Crippen molar-refractivity contribution in [2.75, 3.05) is 5.32 Å². The van der Waals surface area contributed by atoms with E-state index in [0.717, 1.165) is 11.6 Å². The van der Waals surface area contributed by atoms with Crippen molar-refractivity contribution >= 4 is 28.8 Å². The number of carbonyl (C=O) groups is 1. The number of benzene rings is 2. The summed E-state index contributed by atoms with van der Waals surface area (Å²) in [5.41, 5.74) is 2.34. The molecule has 5 nitrogen and oxygen atoms in total. The van der Waals surface area contributed by atoms with E-state index in [1.165, 1.54) is 12.1 Å². The highest BCUT2D eigenvalue weighted by molar-refractivity contribution is 6.31. The Morgan fingerprint density at radius 3 is 2.57 bits per heavy atom. The molecule has 0 atom stereocenters. The summed E-state index contributed by atoms with van der Waals surface area (Å²) in [6.07, 6.45) is 1.58. The molecule has 0 saturated carbocycles. The Morgan fingerprint density at radius 1 is 1.07 bits per heavy atom. The Labute approximate surface area is 163 Å². The Morgan fingerprint density at radius 2 is 1.82 bits per heavy atom. The average Bonchev–Trinajstić information content (AvgIpc) is 3.08. The van der Waals surface area contributed by atoms with Crippen LogP contribution in [0.15, 0.2) is 54.7 Å². The Hall–Kier alpha value is -3.32. The third kappa shape index (κ3) is 3.32. The van der Waals surface area contributed by atoms with Gasteiger partial charge < -0.3 is 5.32 Å². The second kappa shape index (κ2) is 7.01. The summed E-state index contributed by atoms with van der Waals surface area (Å²) in [6, 6.07) is 11.5. The normalized spacial score (nSPS) is 11.0. The maximum atomic E-state index is 13.5. The molecular formula is C20H13ClF2N4O. The number of anilines is 1. The molecule has 0 aliphatic heterocycles.